The number of amides is 1. The van der Waals surface area contributed by atoms with E-state index in [0.717, 1.165) is 45.2 Å². The van der Waals surface area contributed by atoms with Crippen LogP contribution < -0.4 is 11.5 Å². The third-order valence-corrected chi connectivity index (χ3v) is 7.73. The fourth-order valence-electron chi connectivity index (χ4n) is 5.18. The van der Waals surface area contributed by atoms with Crippen LogP contribution in [0.2, 0.25) is 0 Å². The fraction of sp³-hybridized carbons (Fsp3) is 0.969. The molecular weight excluding hydrogens is 442 g/mol. The Morgan fingerprint density at radius 3 is 1.22 bits per heavy atom. The van der Waals surface area contributed by atoms with E-state index in [0.29, 0.717) is 6.54 Å². The smallest absolute Gasteiger partial charge is 0.280 e. The molecule has 1 unspecified atom stereocenters. The molecule has 4 nitrogen and oxygen atoms in total. The lowest BCUT2D eigenvalue weighted by Crippen LogP contribution is -2.68. The molecule has 0 aliphatic rings. The van der Waals surface area contributed by atoms with Crippen LogP contribution in [0.5, 0.6) is 0 Å². The van der Waals surface area contributed by atoms with Gasteiger partial charge >= 0.3 is 0 Å². The maximum Gasteiger partial charge on any atom is 0.280 e. The Hall–Kier alpha value is -0.610. The standard InChI is InChI=1S/C32H67N3O/c1-3-5-7-9-11-13-15-16-18-20-22-26-30-35(32(36)31(34)27-23-24-28-33)29-25-21-19-17-14-12-10-8-6-4-2/h31H,3-30,33-34H2,1-2H3/p+1. The van der Waals surface area contributed by atoms with Crippen LogP contribution in [0.3, 0.4) is 0 Å². The molecular formula is C32H68N3O+. The number of carbonyl (C=O) groups is 1. The Bertz CT molecular complexity index is 443. The highest BCUT2D eigenvalue weighted by Gasteiger charge is 2.23. The first-order valence-electron chi connectivity index (χ1n) is 16.5. The first kappa shape index (κ1) is 35.4. The number of nitrogens with zero attached hydrogens (tertiary/aromatic N) is 1. The predicted molar refractivity (Wildman–Crippen MR) is 159 cm³/mol. The molecule has 0 fully saturated rings. The van der Waals surface area contributed by atoms with E-state index in [9.17, 15) is 4.79 Å². The highest BCUT2D eigenvalue weighted by Crippen LogP contribution is 2.14. The monoisotopic (exact) mass is 511 g/mol. The van der Waals surface area contributed by atoms with E-state index in [-0.39, 0.29) is 11.9 Å². The average Bonchev–Trinajstić information content (AvgIpc) is 2.88. The average molecular weight is 511 g/mol. The van der Waals surface area contributed by atoms with Crippen LogP contribution in [0.15, 0.2) is 0 Å². The molecule has 0 bridgehead atoms. The molecule has 36 heavy (non-hydrogen) atoms. The number of unbranched alkanes of at least 4 members (excludes halogenated alkanes) is 21. The zero-order valence-electron chi connectivity index (χ0n) is 25.0. The van der Waals surface area contributed by atoms with Crippen molar-refractivity contribution in [2.45, 2.75) is 180 Å². The Kier molecular flexibility index (Phi) is 28.5. The van der Waals surface area contributed by atoms with Gasteiger partial charge in [-0.05, 0) is 32.2 Å². The summed E-state index contributed by atoms with van der Waals surface area (Å²) in [4.78, 5) is 15.2. The van der Waals surface area contributed by atoms with Crippen molar-refractivity contribution in [1.82, 2.24) is 4.90 Å². The number of hydrogen-bond acceptors (Lipinski definition) is 2. The maximum atomic E-state index is 13.1. The highest BCUT2D eigenvalue weighted by atomic mass is 16.2. The Morgan fingerprint density at radius 1 is 0.556 bits per heavy atom. The van der Waals surface area contributed by atoms with Gasteiger partial charge in [0.15, 0.2) is 6.04 Å². The maximum absolute atomic E-state index is 13.1. The van der Waals surface area contributed by atoms with E-state index in [1.165, 1.54) is 128 Å². The molecule has 1 atom stereocenters. The van der Waals surface area contributed by atoms with Gasteiger partial charge < -0.3 is 16.4 Å². The van der Waals surface area contributed by atoms with Crippen molar-refractivity contribution < 1.29 is 10.5 Å². The van der Waals surface area contributed by atoms with Gasteiger partial charge in [0, 0.05) is 19.5 Å². The second kappa shape index (κ2) is 29.0. The van der Waals surface area contributed by atoms with Crippen molar-refractivity contribution in [1.29, 1.82) is 0 Å². The first-order valence-corrected chi connectivity index (χ1v) is 16.5. The summed E-state index contributed by atoms with van der Waals surface area (Å²) in [7, 11) is 0. The third-order valence-electron chi connectivity index (χ3n) is 7.73. The van der Waals surface area contributed by atoms with Gasteiger partial charge in [0.25, 0.3) is 5.91 Å². The molecule has 0 rings (SSSR count). The van der Waals surface area contributed by atoms with E-state index in [1.807, 2.05) is 0 Å². The van der Waals surface area contributed by atoms with Gasteiger partial charge in [-0.1, -0.05) is 142 Å². The fourth-order valence-corrected chi connectivity index (χ4v) is 5.18. The number of nitrogens with two attached hydrogens (primary N) is 1. The molecule has 5 N–H and O–H groups in total. The quantitative estimate of drug-likeness (QED) is 0.0995. The molecule has 0 heterocycles. The molecule has 0 saturated carbocycles. The third kappa shape index (κ3) is 23.8. The first-order chi connectivity index (χ1) is 17.7. The van der Waals surface area contributed by atoms with Crippen LogP contribution in [-0.2, 0) is 4.79 Å². The van der Waals surface area contributed by atoms with E-state index in [4.69, 9.17) is 5.73 Å². The van der Waals surface area contributed by atoms with Crippen LogP contribution in [-0.4, -0.2) is 36.5 Å². The number of hydrogen-bond donors (Lipinski definition) is 2. The molecule has 0 radical (unpaired) electrons. The zero-order valence-corrected chi connectivity index (χ0v) is 25.0. The van der Waals surface area contributed by atoms with E-state index in [1.54, 1.807) is 0 Å². The summed E-state index contributed by atoms with van der Waals surface area (Å²) in [6, 6.07) is -0.100. The van der Waals surface area contributed by atoms with Gasteiger partial charge in [-0.3, -0.25) is 4.79 Å². The number of quaternary nitrogens is 1. The van der Waals surface area contributed by atoms with Crippen LogP contribution in [0.25, 0.3) is 0 Å². The minimum absolute atomic E-state index is 0.100. The van der Waals surface area contributed by atoms with Gasteiger partial charge in [0.1, 0.15) is 0 Å². The lowest BCUT2D eigenvalue weighted by molar-refractivity contribution is -0.407. The molecule has 0 aliphatic heterocycles. The second-order valence-electron chi connectivity index (χ2n) is 11.4. The van der Waals surface area contributed by atoms with Crippen molar-refractivity contribution in [3.05, 3.63) is 0 Å². The van der Waals surface area contributed by atoms with Crippen molar-refractivity contribution in [2.24, 2.45) is 5.73 Å². The molecule has 1 amide bonds. The number of rotatable bonds is 29. The summed E-state index contributed by atoms with van der Waals surface area (Å²) < 4.78 is 0. The Labute approximate surface area is 227 Å². The highest BCUT2D eigenvalue weighted by molar-refractivity contribution is 5.80. The van der Waals surface area contributed by atoms with E-state index >= 15 is 0 Å². The van der Waals surface area contributed by atoms with Gasteiger partial charge in [0.05, 0.1) is 0 Å². The Balaban J connectivity index is 4.06. The lowest BCUT2D eigenvalue weighted by atomic mass is 10.0. The lowest BCUT2D eigenvalue weighted by Gasteiger charge is -2.24. The summed E-state index contributed by atoms with van der Waals surface area (Å²) in [5.41, 5.74) is 9.85. The molecule has 0 aromatic heterocycles. The molecule has 0 aliphatic carbocycles. The topological polar surface area (TPSA) is 74.0 Å². The minimum atomic E-state index is -0.100. The van der Waals surface area contributed by atoms with Crippen LogP contribution in [0, 0.1) is 0 Å². The van der Waals surface area contributed by atoms with Crippen LogP contribution in [0.1, 0.15) is 174 Å². The zero-order chi connectivity index (χ0) is 26.5. The van der Waals surface area contributed by atoms with Gasteiger partial charge in [-0.2, -0.15) is 0 Å². The SMILES string of the molecule is CCCCCCCCCCCCCCN(CCCCCCCCCCCC)C(=O)C([NH3+])CCCCN. The summed E-state index contributed by atoms with van der Waals surface area (Å²) in [5.74, 6) is 0.283. The van der Waals surface area contributed by atoms with Crippen molar-refractivity contribution >= 4 is 5.91 Å². The van der Waals surface area contributed by atoms with E-state index < -0.39 is 0 Å². The van der Waals surface area contributed by atoms with Crippen LogP contribution in [0.4, 0.5) is 0 Å². The summed E-state index contributed by atoms with van der Waals surface area (Å²) in [6.45, 7) is 7.13. The summed E-state index contributed by atoms with van der Waals surface area (Å²) in [5, 5.41) is 0. The van der Waals surface area contributed by atoms with Gasteiger partial charge in [-0.25, -0.2) is 0 Å². The van der Waals surface area contributed by atoms with E-state index in [2.05, 4.69) is 24.5 Å². The van der Waals surface area contributed by atoms with Crippen molar-refractivity contribution in [3.8, 4) is 0 Å². The predicted octanol–water partition coefficient (Wildman–Crippen LogP) is 8.18. The molecule has 0 saturated heterocycles. The molecule has 4 heteroatoms. The number of carbonyl (C=O) groups excluding carboxylic acids is 1. The summed E-state index contributed by atoms with van der Waals surface area (Å²) >= 11 is 0. The molecule has 0 aromatic carbocycles. The molecule has 216 valence electrons. The normalized spacial score (nSPS) is 12.2. The van der Waals surface area contributed by atoms with Gasteiger partial charge in [-0.15, -0.1) is 0 Å². The molecule has 0 spiro atoms. The van der Waals surface area contributed by atoms with Crippen LogP contribution >= 0.6 is 0 Å². The van der Waals surface area contributed by atoms with Crippen molar-refractivity contribution in [2.75, 3.05) is 19.6 Å². The molecule has 0 aromatic rings. The van der Waals surface area contributed by atoms with Crippen molar-refractivity contribution in [3.63, 3.8) is 0 Å². The Morgan fingerprint density at radius 2 is 0.889 bits per heavy atom. The minimum Gasteiger partial charge on any atom is -0.347 e. The second-order valence-corrected chi connectivity index (χ2v) is 11.4. The van der Waals surface area contributed by atoms with Gasteiger partial charge in [0.2, 0.25) is 0 Å². The summed E-state index contributed by atoms with van der Waals surface area (Å²) in [6.07, 6.45) is 32.6. The largest absolute Gasteiger partial charge is 0.347 e.